The molecule has 4 aliphatic rings. The Kier molecular flexibility index (Phi) is 5.98. The van der Waals surface area contributed by atoms with E-state index < -0.39 is 0 Å². The predicted octanol–water partition coefficient (Wildman–Crippen LogP) is 13.3. The van der Waals surface area contributed by atoms with Gasteiger partial charge in [-0.25, -0.2) is 0 Å². The minimum absolute atomic E-state index is 0.0377. The van der Waals surface area contributed by atoms with Crippen LogP contribution in [-0.4, -0.2) is 0 Å². The molecule has 1 nitrogen and oxygen atoms in total. The number of thiophene rings is 1. The van der Waals surface area contributed by atoms with Crippen molar-refractivity contribution in [2.24, 2.45) is 11.3 Å². The van der Waals surface area contributed by atoms with Gasteiger partial charge in [0.15, 0.2) is 0 Å². The van der Waals surface area contributed by atoms with Crippen molar-refractivity contribution in [2.45, 2.75) is 24.7 Å². The highest BCUT2D eigenvalue weighted by molar-refractivity contribution is 7.26. The lowest BCUT2D eigenvalue weighted by Gasteiger charge is -2.60. The Hall–Kier alpha value is -5.44. The zero-order chi connectivity index (χ0) is 32.9. The van der Waals surface area contributed by atoms with Crippen LogP contribution in [0.3, 0.4) is 0 Å². The van der Waals surface area contributed by atoms with Crippen LogP contribution in [0, 0.1) is 11.3 Å². The molecule has 1 aromatic heterocycles. The molecule has 1 saturated carbocycles. The van der Waals surface area contributed by atoms with E-state index in [0.717, 1.165) is 11.6 Å². The lowest BCUT2D eigenvalue weighted by Crippen LogP contribution is -2.54. The van der Waals surface area contributed by atoms with Crippen LogP contribution in [0.25, 0.3) is 42.1 Å². The van der Waals surface area contributed by atoms with E-state index in [0.29, 0.717) is 0 Å². The Bertz CT molecular complexity index is 2610. The Morgan fingerprint density at radius 1 is 0.540 bits per heavy atom. The van der Waals surface area contributed by atoms with Crippen molar-refractivity contribution in [1.29, 1.82) is 0 Å². The number of hydrogen-bond donors (Lipinski definition) is 0. The summed E-state index contributed by atoms with van der Waals surface area (Å²) < 4.78 is 2.69. The van der Waals surface area contributed by atoms with Crippen LogP contribution in [0.5, 0.6) is 0 Å². The number of nitrogens with zero attached hydrogens (tertiary/aromatic N) is 1. The zero-order valence-corrected chi connectivity index (χ0v) is 28.5. The molecule has 238 valence electrons. The topological polar surface area (TPSA) is 3.24 Å². The van der Waals surface area contributed by atoms with E-state index in [1.165, 1.54) is 89.4 Å². The first-order chi connectivity index (χ1) is 24.7. The second-order valence-corrected chi connectivity index (χ2v) is 15.6. The summed E-state index contributed by atoms with van der Waals surface area (Å²) in [5.74, 6) is 0.763. The second-order valence-electron chi connectivity index (χ2n) is 14.5. The van der Waals surface area contributed by atoms with Crippen LogP contribution in [0.15, 0.2) is 170 Å². The largest absolute Gasteiger partial charge is 0.310 e. The van der Waals surface area contributed by atoms with Crippen LogP contribution in [0.4, 0.5) is 17.1 Å². The van der Waals surface area contributed by atoms with E-state index in [9.17, 15) is 0 Å². The molecule has 7 aromatic carbocycles. The first-order valence-corrected chi connectivity index (χ1v) is 18.7. The van der Waals surface area contributed by atoms with Crippen molar-refractivity contribution in [3.05, 3.63) is 187 Å². The fourth-order valence-electron chi connectivity index (χ4n) is 10.2. The van der Waals surface area contributed by atoms with Gasteiger partial charge in [0.1, 0.15) is 0 Å². The van der Waals surface area contributed by atoms with Crippen molar-refractivity contribution in [3.8, 4) is 11.1 Å². The first-order valence-electron chi connectivity index (χ1n) is 17.9. The molecular formula is C48H35NS. The highest BCUT2D eigenvalue weighted by Gasteiger charge is 2.63. The quantitative estimate of drug-likeness (QED) is 0.167. The SMILES string of the molecule is C1=CC2(C3(c4cccc(N(c5ccccc5)c5cc6c7ccccc7sc6c6ccccc56)c4)c4ccccc4-c4ccccc43)CC(C1)C2. The summed E-state index contributed by atoms with van der Waals surface area (Å²) in [6.07, 6.45) is 8.75. The lowest BCUT2D eigenvalue weighted by molar-refractivity contribution is 0.0439. The molecule has 4 aliphatic carbocycles. The van der Waals surface area contributed by atoms with E-state index in [1.807, 2.05) is 11.3 Å². The van der Waals surface area contributed by atoms with Gasteiger partial charge in [-0.3, -0.25) is 0 Å². The number of para-hydroxylation sites is 1. The van der Waals surface area contributed by atoms with E-state index >= 15 is 0 Å². The van der Waals surface area contributed by atoms with Gasteiger partial charge in [0.25, 0.3) is 0 Å². The summed E-state index contributed by atoms with van der Waals surface area (Å²) in [4.78, 5) is 2.51. The average molecular weight is 658 g/mol. The molecule has 0 aliphatic heterocycles. The highest BCUT2D eigenvalue weighted by atomic mass is 32.1. The smallest absolute Gasteiger partial charge is 0.0554 e. The standard InChI is InChI=1S/C48H35NS/c1-2-16-34(17-3-1)49(44-29-41-39-22-8-11-26-45(39)50-46(41)40-23-5-4-21-38(40)44)35-18-12-15-33(28-35)48(47-27-13-14-32(30-47)31-47)42-24-9-6-19-36(42)37-20-7-10-25-43(37)48/h1-13,15-29,32H,14,30-31H2. The summed E-state index contributed by atoms with van der Waals surface area (Å²) in [7, 11) is 0. The average Bonchev–Trinajstić information content (AvgIpc) is 3.70. The van der Waals surface area contributed by atoms with Crippen LogP contribution in [-0.2, 0) is 5.41 Å². The summed E-state index contributed by atoms with van der Waals surface area (Å²) in [6.45, 7) is 0. The van der Waals surface area contributed by atoms with Crippen molar-refractivity contribution < 1.29 is 0 Å². The molecule has 2 heteroatoms. The van der Waals surface area contributed by atoms with Crippen molar-refractivity contribution in [3.63, 3.8) is 0 Å². The molecule has 8 aromatic rings. The summed E-state index contributed by atoms with van der Waals surface area (Å²) >= 11 is 1.90. The molecule has 0 unspecified atom stereocenters. The van der Waals surface area contributed by atoms with Gasteiger partial charge in [-0.15, -0.1) is 11.3 Å². The van der Waals surface area contributed by atoms with Gasteiger partial charge >= 0.3 is 0 Å². The number of allylic oxidation sites excluding steroid dienone is 2. The minimum atomic E-state index is -0.276. The minimum Gasteiger partial charge on any atom is -0.310 e. The monoisotopic (exact) mass is 657 g/mol. The maximum absolute atomic E-state index is 2.61. The molecule has 1 heterocycles. The van der Waals surface area contributed by atoms with Crippen molar-refractivity contribution in [2.75, 3.05) is 4.90 Å². The molecule has 0 spiro atoms. The lowest BCUT2D eigenvalue weighted by atomic mass is 9.43. The molecule has 0 N–H and O–H groups in total. The number of anilines is 3. The van der Waals surface area contributed by atoms with Gasteiger partial charge in [-0.05, 0) is 89.4 Å². The number of benzene rings is 7. The van der Waals surface area contributed by atoms with Crippen molar-refractivity contribution in [1.82, 2.24) is 0 Å². The third kappa shape index (κ3) is 3.72. The zero-order valence-electron chi connectivity index (χ0n) is 27.7. The maximum atomic E-state index is 2.61. The molecule has 1 fully saturated rings. The third-order valence-corrected chi connectivity index (χ3v) is 13.3. The van der Waals surface area contributed by atoms with Crippen molar-refractivity contribution >= 4 is 59.3 Å². The van der Waals surface area contributed by atoms with Crippen LogP contribution < -0.4 is 4.90 Å². The highest BCUT2D eigenvalue weighted by Crippen LogP contribution is 2.70. The van der Waals surface area contributed by atoms with Crippen LogP contribution >= 0.6 is 11.3 Å². The third-order valence-electron chi connectivity index (χ3n) is 12.1. The van der Waals surface area contributed by atoms with E-state index in [2.05, 4.69) is 175 Å². The molecular weight excluding hydrogens is 623 g/mol. The van der Waals surface area contributed by atoms with Gasteiger partial charge in [0, 0.05) is 47.7 Å². The number of hydrogen-bond acceptors (Lipinski definition) is 2. The Morgan fingerprint density at radius 2 is 1.18 bits per heavy atom. The molecule has 0 saturated heterocycles. The molecule has 50 heavy (non-hydrogen) atoms. The molecule has 2 bridgehead atoms. The van der Waals surface area contributed by atoms with Crippen LogP contribution in [0.1, 0.15) is 36.0 Å². The maximum Gasteiger partial charge on any atom is 0.0554 e. The summed E-state index contributed by atoms with van der Waals surface area (Å²) in [5, 5.41) is 5.21. The summed E-state index contributed by atoms with van der Waals surface area (Å²) in [5.41, 5.74) is 10.4. The predicted molar refractivity (Wildman–Crippen MR) is 212 cm³/mol. The van der Waals surface area contributed by atoms with Crippen LogP contribution in [0.2, 0.25) is 0 Å². The summed E-state index contributed by atoms with van der Waals surface area (Å²) in [6, 6.07) is 59.3. The van der Waals surface area contributed by atoms with Gasteiger partial charge < -0.3 is 4.90 Å². The Balaban J connectivity index is 1.21. The second kappa shape index (κ2) is 10.5. The fourth-order valence-corrected chi connectivity index (χ4v) is 11.4. The first kappa shape index (κ1) is 28.4. The molecule has 12 rings (SSSR count). The van der Waals surface area contributed by atoms with Gasteiger partial charge in [0.05, 0.1) is 11.1 Å². The number of fused-ring (bicyclic) bond motifs is 9. The number of rotatable bonds is 5. The Morgan fingerprint density at radius 3 is 1.92 bits per heavy atom. The Labute approximate surface area is 296 Å². The van der Waals surface area contributed by atoms with E-state index in [-0.39, 0.29) is 10.8 Å². The van der Waals surface area contributed by atoms with Gasteiger partial charge in [0.2, 0.25) is 0 Å². The molecule has 0 atom stereocenters. The van der Waals surface area contributed by atoms with E-state index in [4.69, 9.17) is 0 Å². The van der Waals surface area contributed by atoms with E-state index in [1.54, 1.807) is 0 Å². The van der Waals surface area contributed by atoms with Gasteiger partial charge in [-0.1, -0.05) is 133 Å². The van der Waals surface area contributed by atoms with Gasteiger partial charge in [-0.2, -0.15) is 0 Å². The molecule has 0 amide bonds. The normalized spacial score (nSPS) is 19.7. The molecule has 0 radical (unpaired) electrons. The fraction of sp³-hybridized carbons (Fsp3) is 0.125.